The first kappa shape index (κ1) is 22.3. The molecule has 2 atom stereocenters. The van der Waals surface area contributed by atoms with Gasteiger partial charge in [0.05, 0.1) is 19.9 Å². The zero-order valence-electron chi connectivity index (χ0n) is 19.0. The number of benzene rings is 1. The van der Waals surface area contributed by atoms with Gasteiger partial charge in [0.25, 0.3) is 0 Å². The average molecular weight is 440 g/mol. The van der Waals surface area contributed by atoms with Gasteiger partial charge in [-0.05, 0) is 37.3 Å². The number of aromatic nitrogens is 3. The SMILES string of the molecule is CN=C(NCc1cn(CC(=O)OC)nn1)N1CCC2C(CCCN2Cc2ccccc2)C1. The van der Waals surface area contributed by atoms with Crippen molar-refractivity contribution in [3.8, 4) is 0 Å². The largest absolute Gasteiger partial charge is 0.468 e. The summed E-state index contributed by atoms with van der Waals surface area (Å²) in [6.07, 6.45) is 5.42. The summed E-state index contributed by atoms with van der Waals surface area (Å²) in [7, 11) is 3.19. The van der Waals surface area contributed by atoms with Crippen molar-refractivity contribution >= 4 is 11.9 Å². The maximum atomic E-state index is 11.4. The molecule has 0 aliphatic carbocycles. The molecule has 1 N–H and O–H groups in total. The first-order valence-electron chi connectivity index (χ1n) is 11.4. The Morgan fingerprint density at radius 1 is 1.25 bits per heavy atom. The molecule has 2 aliphatic heterocycles. The maximum Gasteiger partial charge on any atom is 0.327 e. The van der Waals surface area contributed by atoms with E-state index in [0.29, 0.717) is 18.5 Å². The Kier molecular flexibility index (Phi) is 7.36. The monoisotopic (exact) mass is 439 g/mol. The van der Waals surface area contributed by atoms with Crippen LogP contribution in [0.1, 0.15) is 30.5 Å². The van der Waals surface area contributed by atoms with Crippen LogP contribution in [0.15, 0.2) is 41.5 Å². The summed E-state index contributed by atoms with van der Waals surface area (Å²) in [5, 5.41) is 11.5. The minimum Gasteiger partial charge on any atom is -0.468 e. The number of hydrogen-bond acceptors (Lipinski definition) is 6. The van der Waals surface area contributed by atoms with Crippen LogP contribution >= 0.6 is 0 Å². The second-order valence-electron chi connectivity index (χ2n) is 8.54. The summed E-state index contributed by atoms with van der Waals surface area (Å²) < 4.78 is 6.16. The highest BCUT2D eigenvalue weighted by atomic mass is 16.5. The van der Waals surface area contributed by atoms with Crippen molar-refractivity contribution in [2.75, 3.05) is 33.8 Å². The molecule has 4 rings (SSSR count). The zero-order valence-corrected chi connectivity index (χ0v) is 19.0. The number of nitrogens with zero attached hydrogens (tertiary/aromatic N) is 6. The fourth-order valence-corrected chi connectivity index (χ4v) is 4.91. The number of hydrogen-bond donors (Lipinski definition) is 1. The summed E-state index contributed by atoms with van der Waals surface area (Å²) in [4.78, 5) is 20.9. The Balaban J connectivity index is 1.31. The number of methoxy groups -OCH3 is 1. The fraction of sp³-hybridized carbons (Fsp3) is 0.565. The molecule has 3 heterocycles. The van der Waals surface area contributed by atoms with Gasteiger partial charge in [-0.3, -0.25) is 14.7 Å². The Morgan fingerprint density at radius 3 is 2.88 bits per heavy atom. The van der Waals surface area contributed by atoms with Crippen LogP contribution < -0.4 is 5.32 Å². The number of esters is 1. The van der Waals surface area contributed by atoms with Crippen molar-refractivity contribution < 1.29 is 9.53 Å². The lowest BCUT2D eigenvalue weighted by atomic mass is 9.83. The van der Waals surface area contributed by atoms with E-state index in [1.165, 1.54) is 36.7 Å². The summed E-state index contributed by atoms with van der Waals surface area (Å²) in [6.45, 7) is 4.80. The third-order valence-corrected chi connectivity index (χ3v) is 6.46. The van der Waals surface area contributed by atoms with E-state index in [0.717, 1.165) is 37.7 Å². The Morgan fingerprint density at radius 2 is 2.09 bits per heavy atom. The molecular formula is C23H33N7O2. The lowest BCUT2D eigenvalue weighted by molar-refractivity contribution is -0.141. The van der Waals surface area contributed by atoms with Gasteiger partial charge in [0.15, 0.2) is 5.96 Å². The number of rotatable bonds is 6. The molecule has 0 saturated carbocycles. The van der Waals surface area contributed by atoms with Crippen LogP contribution in [0.3, 0.4) is 0 Å². The van der Waals surface area contributed by atoms with Gasteiger partial charge >= 0.3 is 5.97 Å². The number of carbonyl (C=O) groups excluding carboxylic acids is 1. The minimum atomic E-state index is -0.345. The summed E-state index contributed by atoms with van der Waals surface area (Å²) in [5.74, 6) is 1.20. The summed E-state index contributed by atoms with van der Waals surface area (Å²) in [5.41, 5.74) is 2.16. The lowest BCUT2D eigenvalue weighted by Gasteiger charge is -2.48. The van der Waals surface area contributed by atoms with Gasteiger partial charge in [-0.1, -0.05) is 35.5 Å². The quantitative estimate of drug-likeness (QED) is 0.415. The van der Waals surface area contributed by atoms with E-state index in [-0.39, 0.29) is 12.5 Å². The molecule has 0 bridgehead atoms. The molecule has 2 aromatic rings. The van der Waals surface area contributed by atoms with Gasteiger partial charge in [-0.15, -0.1) is 5.10 Å². The van der Waals surface area contributed by atoms with E-state index in [1.807, 2.05) is 7.05 Å². The topological polar surface area (TPSA) is 87.9 Å². The molecule has 172 valence electrons. The molecule has 1 aromatic heterocycles. The van der Waals surface area contributed by atoms with E-state index in [4.69, 9.17) is 0 Å². The minimum absolute atomic E-state index is 0.0624. The van der Waals surface area contributed by atoms with Crippen molar-refractivity contribution in [3.05, 3.63) is 47.8 Å². The molecule has 0 amide bonds. The van der Waals surface area contributed by atoms with Crippen LogP contribution in [-0.4, -0.2) is 76.6 Å². The van der Waals surface area contributed by atoms with Crippen LogP contribution in [-0.2, 0) is 29.2 Å². The highest BCUT2D eigenvalue weighted by Crippen LogP contribution is 2.31. The van der Waals surface area contributed by atoms with Crippen LogP contribution in [0.5, 0.6) is 0 Å². The van der Waals surface area contributed by atoms with Gasteiger partial charge in [0.2, 0.25) is 0 Å². The van der Waals surface area contributed by atoms with Gasteiger partial charge in [-0.2, -0.15) is 0 Å². The molecule has 2 unspecified atom stereocenters. The first-order valence-corrected chi connectivity index (χ1v) is 11.4. The van der Waals surface area contributed by atoms with E-state index in [9.17, 15) is 4.79 Å². The van der Waals surface area contributed by atoms with Crippen LogP contribution in [0.25, 0.3) is 0 Å². The number of nitrogens with one attached hydrogen (secondary N) is 1. The maximum absolute atomic E-state index is 11.4. The number of guanidine groups is 1. The zero-order chi connectivity index (χ0) is 22.3. The number of likely N-dealkylation sites (tertiary alicyclic amines) is 2. The van der Waals surface area contributed by atoms with E-state index < -0.39 is 0 Å². The van der Waals surface area contributed by atoms with Gasteiger partial charge < -0.3 is 15.0 Å². The predicted octanol–water partition coefficient (Wildman–Crippen LogP) is 1.51. The van der Waals surface area contributed by atoms with E-state index in [2.05, 4.69) is 65.5 Å². The summed E-state index contributed by atoms with van der Waals surface area (Å²) >= 11 is 0. The van der Waals surface area contributed by atoms with Crippen molar-refractivity contribution in [2.24, 2.45) is 10.9 Å². The number of aliphatic imine (C=N–C) groups is 1. The highest BCUT2D eigenvalue weighted by molar-refractivity contribution is 5.80. The Labute approximate surface area is 189 Å². The molecule has 2 aliphatic rings. The van der Waals surface area contributed by atoms with Gasteiger partial charge in [0, 0.05) is 32.7 Å². The molecule has 1 aromatic carbocycles. The third-order valence-electron chi connectivity index (χ3n) is 6.46. The van der Waals surface area contributed by atoms with Crippen LogP contribution in [0.4, 0.5) is 0 Å². The van der Waals surface area contributed by atoms with E-state index >= 15 is 0 Å². The molecule has 32 heavy (non-hydrogen) atoms. The van der Waals surface area contributed by atoms with Crippen molar-refractivity contribution in [1.29, 1.82) is 0 Å². The van der Waals surface area contributed by atoms with Crippen LogP contribution in [0.2, 0.25) is 0 Å². The standard InChI is InChI=1S/C23H33N7O2/c1-24-23(25-13-20-16-30(27-26-20)17-22(31)32-2)29-12-10-21-19(15-29)9-6-11-28(21)14-18-7-4-3-5-8-18/h3-5,7-8,16,19,21H,6,9-15,17H2,1-2H3,(H,24,25). The second kappa shape index (κ2) is 10.6. The van der Waals surface area contributed by atoms with Crippen molar-refractivity contribution in [2.45, 2.75) is 44.9 Å². The Bertz CT molecular complexity index is 914. The molecule has 9 nitrogen and oxygen atoms in total. The molecule has 2 fully saturated rings. The average Bonchev–Trinajstić information content (AvgIpc) is 3.27. The van der Waals surface area contributed by atoms with Gasteiger partial charge in [0.1, 0.15) is 12.2 Å². The predicted molar refractivity (Wildman–Crippen MR) is 122 cm³/mol. The molecular weight excluding hydrogens is 406 g/mol. The fourth-order valence-electron chi connectivity index (χ4n) is 4.91. The molecule has 0 radical (unpaired) electrons. The number of piperidine rings is 2. The number of ether oxygens (including phenoxy) is 1. The smallest absolute Gasteiger partial charge is 0.327 e. The van der Waals surface area contributed by atoms with Gasteiger partial charge in [-0.25, -0.2) is 4.68 Å². The first-order chi connectivity index (χ1) is 15.7. The number of carbonyl (C=O) groups is 1. The second-order valence-corrected chi connectivity index (χ2v) is 8.54. The molecule has 2 saturated heterocycles. The number of fused-ring (bicyclic) bond motifs is 1. The third kappa shape index (κ3) is 5.45. The molecule has 9 heteroatoms. The van der Waals surface area contributed by atoms with Crippen LogP contribution in [0, 0.1) is 5.92 Å². The Hall–Kier alpha value is -2.94. The van der Waals surface area contributed by atoms with E-state index in [1.54, 1.807) is 6.20 Å². The molecule has 0 spiro atoms. The summed E-state index contributed by atoms with van der Waals surface area (Å²) in [6, 6.07) is 11.4. The lowest BCUT2D eigenvalue weighted by Crippen LogP contribution is -2.56. The van der Waals surface area contributed by atoms with Crippen molar-refractivity contribution in [1.82, 2.24) is 30.1 Å². The highest BCUT2D eigenvalue weighted by Gasteiger charge is 2.36. The normalized spacial score (nSPS) is 21.8. The van der Waals surface area contributed by atoms with Crippen molar-refractivity contribution in [3.63, 3.8) is 0 Å².